The summed E-state index contributed by atoms with van der Waals surface area (Å²) in [7, 11) is 0.614. The average Bonchev–Trinajstić information content (AvgIpc) is 3.23. The number of aliphatic imine (C=N–C) groups is 1. The van der Waals surface area contributed by atoms with Crippen LogP contribution in [0, 0.1) is 6.92 Å². The monoisotopic (exact) mass is 561 g/mol. The number of hydrogen-bond donors (Lipinski definition) is 0. The second kappa shape index (κ2) is 11.1. The van der Waals surface area contributed by atoms with Crippen molar-refractivity contribution in [2.45, 2.75) is 13.0 Å². The van der Waals surface area contributed by atoms with E-state index in [1.54, 1.807) is 6.21 Å². The van der Waals surface area contributed by atoms with Crippen LogP contribution >= 0.6 is 0 Å². The van der Waals surface area contributed by atoms with Gasteiger partial charge < -0.3 is 14.0 Å². The molecule has 0 fully saturated rings. The summed E-state index contributed by atoms with van der Waals surface area (Å²) in [6.07, 6.45) is 1.71. The number of ether oxygens (including phenoxy) is 1. The summed E-state index contributed by atoms with van der Waals surface area (Å²) in [6, 6.07) is 39.6. The van der Waals surface area contributed by atoms with Crippen molar-refractivity contribution in [3.05, 3.63) is 138 Å². The minimum Gasteiger partial charge on any atom is -0.521 e. The third-order valence-corrected chi connectivity index (χ3v) is 7.93. The predicted octanol–water partition coefficient (Wildman–Crippen LogP) is 7.47. The van der Waals surface area contributed by atoms with Gasteiger partial charge in [0.25, 0.3) is 0 Å². The van der Waals surface area contributed by atoms with Crippen molar-refractivity contribution < 1.29 is 18.8 Å². The van der Waals surface area contributed by atoms with Gasteiger partial charge in [0.05, 0.1) is 7.11 Å². The highest BCUT2D eigenvalue weighted by molar-refractivity contribution is 6.64. The quantitative estimate of drug-likeness (QED) is 0.125. The molecule has 0 unspecified atom stereocenters. The lowest BCUT2D eigenvalue weighted by Crippen LogP contribution is -2.44. The number of methoxy groups -OCH3 is 1. The first-order chi connectivity index (χ1) is 21.1. The van der Waals surface area contributed by atoms with Crippen LogP contribution in [-0.2, 0) is 9.53 Å². The van der Waals surface area contributed by atoms with Crippen LogP contribution < -0.4 is 14.8 Å². The smallest absolute Gasteiger partial charge is 0.521 e. The molecule has 0 saturated carbocycles. The lowest BCUT2D eigenvalue weighted by Gasteiger charge is -2.17. The first-order valence-electron chi connectivity index (χ1n) is 14.2. The molecule has 0 saturated heterocycles. The topological polar surface area (TPSA) is 57.1 Å². The minimum absolute atomic E-state index is 0.429. The van der Waals surface area contributed by atoms with E-state index >= 15 is 0 Å². The van der Waals surface area contributed by atoms with Crippen LogP contribution in [0.15, 0.2) is 126 Å². The number of aryl methyl sites for hydroxylation is 1. The zero-order chi connectivity index (χ0) is 29.3. The van der Waals surface area contributed by atoms with E-state index in [0.717, 1.165) is 66.3 Å². The predicted molar refractivity (Wildman–Crippen MR) is 174 cm³/mol. The van der Waals surface area contributed by atoms with Gasteiger partial charge in [-0.25, -0.2) is 4.79 Å². The Morgan fingerprint density at radius 3 is 1.88 bits per heavy atom. The third kappa shape index (κ3) is 4.91. The maximum absolute atomic E-state index is 12.8. The molecule has 7 rings (SSSR count). The minimum atomic E-state index is -0.797. The molecule has 6 heteroatoms. The van der Waals surface area contributed by atoms with E-state index in [9.17, 15) is 4.79 Å². The van der Waals surface area contributed by atoms with Crippen LogP contribution in [0.4, 0.5) is 0 Å². The molecule has 0 aromatic heterocycles. The van der Waals surface area contributed by atoms with Gasteiger partial charge in [-0.05, 0) is 51.7 Å². The van der Waals surface area contributed by atoms with Gasteiger partial charge in [0.1, 0.15) is 11.5 Å². The van der Waals surface area contributed by atoms with Gasteiger partial charge in [0.2, 0.25) is 0 Å². The maximum Gasteiger partial charge on any atom is 0.633 e. The van der Waals surface area contributed by atoms with Gasteiger partial charge in [0.15, 0.2) is 6.04 Å². The lowest BCUT2D eigenvalue weighted by molar-refractivity contribution is -0.142. The molecular formula is C37H28BNO4. The molecule has 6 aromatic carbocycles. The molecule has 1 atom stereocenters. The zero-order valence-electron chi connectivity index (χ0n) is 23.9. The van der Waals surface area contributed by atoms with Crippen LogP contribution in [0.2, 0.25) is 0 Å². The molecule has 0 N–H and O–H groups in total. The average molecular weight is 561 g/mol. The zero-order valence-corrected chi connectivity index (χ0v) is 23.9. The van der Waals surface area contributed by atoms with Crippen LogP contribution in [0.1, 0.15) is 22.7 Å². The molecule has 0 bridgehead atoms. The van der Waals surface area contributed by atoms with E-state index in [-0.39, 0.29) is 0 Å². The summed E-state index contributed by atoms with van der Waals surface area (Å²) >= 11 is 0. The number of esters is 1. The second-order valence-electron chi connectivity index (χ2n) is 10.6. The number of rotatable bonds is 5. The van der Waals surface area contributed by atoms with Gasteiger partial charge >= 0.3 is 13.1 Å². The molecule has 0 spiro atoms. The van der Waals surface area contributed by atoms with E-state index in [0.29, 0.717) is 0 Å². The van der Waals surface area contributed by atoms with Crippen LogP contribution in [0.25, 0.3) is 32.7 Å². The van der Waals surface area contributed by atoms with Gasteiger partial charge in [-0.1, -0.05) is 115 Å². The van der Waals surface area contributed by atoms with Gasteiger partial charge in [0, 0.05) is 22.8 Å². The molecule has 5 nitrogen and oxygen atoms in total. The third-order valence-electron chi connectivity index (χ3n) is 7.93. The highest BCUT2D eigenvalue weighted by Crippen LogP contribution is 2.47. The molecule has 0 aliphatic carbocycles. The van der Waals surface area contributed by atoms with Crippen molar-refractivity contribution in [1.82, 2.24) is 0 Å². The molecular weight excluding hydrogens is 533 g/mol. The van der Waals surface area contributed by atoms with E-state index in [1.807, 2.05) is 91.9 Å². The summed E-state index contributed by atoms with van der Waals surface area (Å²) in [6.45, 7) is 2.01. The molecule has 1 aliphatic rings. The Hall–Kier alpha value is -5.36. The fourth-order valence-corrected chi connectivity index (χ4v) is 5.74. The van der Waals surface area contributed by atoms with Gasteiger partial charge in [-0.2, -0.15) is 0 Å². The van der Waals surface area contributed by atoms with Crippen molar-refractivity contribution >= 4 is 46.3 Å². The molecule has 1 aliphatic heterocycles. The largest absolute Gasteiger partial charge is 0.633 e. The Bertz CT molecular complexity index is 1930. The first-order valence-corrected chi connectivity index (χ1v) is 14.2. The van der Waals surface area contributed by atoms with E-state index in [1.165, 1.54) is 7.11 Å². The van der Waals surface area contributed by atoms with E-state index in [4.69, 9.17) is 19.0 Å². The second-order valence-corrected chi connectivity index (χ2v) is 10.6. The Morgan fingerprint density at radius 1 is 0.721 bits per heavy atom. The van der Waals surface area contributed by atoms with Crippen molar-refractivity contribution in [2.24, 2.45) is 4.99 Å². The number of benzene rings is 6. The summed E-state index contributed by atoms with van der Waals surface area (Å²) in [5.74, 6) is 1.04. The van der Waals surface area contributed by atoms with Gasteiger partial charge in [-0.15, -0.1) is 0 Å². The Morgan fingerprint density at radius 2 is 1.28 bits per heavy atom. The molecule has 0 amide bonds. The van der Waals surface area contributed by atoms with E-state index < -0.39 is 19.1 Å². The molecule has 0 radical (unpaired) electrons. The highest BCUT2D eigenvalue weighted by atomic mass is 16.6. The summed E-state index contributed by atoms with van der Waals surface area (Å²) < 4.78 is 18.5. The molecule has 6 aromatic rings. The molecule has 43 heavy (non-hydrogen) atoms. The fourth-order valence-electron chi connectivity index (χ4n) is 5.74. The van der Waals surface area contributed by atoms with Gasteiger partial charge in [-0.3, -0.25) is 4.99 Å². The first kappa shape index (κ1) is 26.5. The van der Waals surface area contributed by atoms with E-state index in [2.05, 4.69) is 36.4 Å². The SMILES string of the molecule is COC(=O)[C@@H](N=Cc1ccccc1B1Oc2ccc3ccccc3c2-c2c(ccc3ccccc23)O1)c1ccc(C)cc1. The Labute approximate surface area is 250 Å². The number of nitrogens with zero attached hydrogens (tertiary/aromatic N) is 1. The summed E-state index contributed by atoms with van der Waals surface area (Å²) in [5.41, 5.74) is 5.44. The van der Waals surface area contributed by atoms with Crippen LogP contribution in [0.5, 0.6) is 11.5 Å². The number of carbonyl (C=O) groups excluding carboxylic acids is 1. The number of fused-ring (bicyclic) bond motifs is 7. The summed E-state index contributed by atoms with van der Waals surface area (Å²) in [4.78, 5) is 17.5. The summed E-state index contributed by atoms with van der Waals surface area (Å²) in [5, 5.41) is 4.44. The number of carbonyl (C=O) groups is 1. The maximum atomic E-state index is 12.8. The normalized spacial score (nSPS) is 13.1. The Balaban J connectivity index is 1.36. The lowest BCUT2D eigenvalue weighted by atomic mass is 9.75. The highest BCUT2D eigenvalue weighted by Gasteiger charge is 2.35. The fraction of sp³-hybridized carbons (Fsp3) is 0.0811. The van der Waals surface area contributed by atoms with Crippen LogP contribution in [0.3, 0.4) is 0 Å². The van der Waals surface area contributed by atoms with Crippen molar-refractivity contribution in [3.63, 3.8) is 0 Å². The number of hydrogen-bond acceptors (Lipinski definition) is 5. The van der Waals surface area contributed by atoms with Crippen molar-refractivity contribution in [1.29, 1.82) is 0 Å². The standard InChI is InChI=1S/C37H28BNO4/c1-24-15-17-27(18-16-24)36(37(40)41-2)39-23-28-11-5-8-14-31(28)38-42-32-21-19-25-9-3-6-12-29(25)34(32)35-30-13-7-4-10-26(30)20-22-33(35)43-38/h3-23,36H,1-2H3/t36-/m0/s1. The van der Waals surface area contributed by atoms with Crippen molar-refractivity contribution in [2.75, 3.05) is 7.11 Å². The Kier molecular flexibility index (Phi) is 6.88. The molecule has 208 valence electrons. The molecule has 1 heterocycles. The van der Waals surface area contributed by atoms with Crippen LogP contribution in [-0.4, -0.2) is 26.4 Å². The van der Waals surface area contributed by atoms with Crippen molar-refractivity contribution in [3.8, 4) is 22.6 Å².